The second-order valence-corrected chi connectivity index (χ2v) is 6.01. The van der Waals surface area contributed by atoms with Gasteiger partial charge < -0.3 is 10.2 Å². The molecule has 0 aromatic heterocycles. The van der Waals surface area contributed by atoms with Crippen molar-refractivity contribution in [3.63, 3.8) is 0 Å². The normalized spacial score (nSPS) is 22.9. The highest BCUT2D eigenvalue weighted by Gasteiger charge is 2.27. The van der Waals surface area contributed by atoms with E-state index in [1.54, 1.807) is 0 Å². The van der Waals surface area contributed by atoms with E-state index in [0.717, 1.165) is 31.2 Å². The molecule has 1 fully saturated rings. The number of benzene rings is 1. The fourth-order valence-corrected chi connectivity index (χ4v) is 3.22. The first-order chi connectivity index (χ1) is 10.6. The second-order valence-electron chi connectivity index (χ2n) is 6.01. The highest BCUT2D eigenvalue weighted by molar-refractivity contribution is 5.75. The van der Waals surface area contributed by atoms with Gasteiger partial charge in [-0.3, -0.25) is 14.9 Å². The van der Waals surface area contributed by atoms with Gasteiger partial charge in [-0.05, 0) is 30.7 Å². The molecule has 0 aliphatic heterocycles. The summed E-state index contributed by atoms with van der Waals surface area (Å²) in [6.45, 7) is 0. The zero-order valence-corrected chi connectivity index (χ0v) is 12.6. The van der Waals surface area contributed by atoms with Crippen molar-refractivity contribution in [2.24, 2.45) is 5.92 Å². The quantitative estimate of drug-likeness (QED) is 0.721. The summed E-state index contributed by atoms with van der Waals surface area (Å²) in [5.41, 5.74) is 0.752. The van der Waals surface area contributed by atoms with Gasteiger partial charge in [-0.15, -0.1) is 0 Å². The fourth-order valence-electron chi connectivity index (χ4n) is 3.22. The number of aliphatic carboxylic acids is 2. The largest absolute Gasteiger partial charge is 0.481 e. The molecule has 0 amide bonds. The van der Waals surface area contributed by atoms with Gasteiger partial charge in [-0.1, -0.05) is 43.2 Å². The van der Waals surface area contributed by atoms with E-state index >= 15 is 0 Å². The van der Waals surface area contributed by atoms with Crippen molar-refractivity contribution in [1.29, 1.82) is 0 Å². The zero-order chi connectivity index (χ0) is 15.9. The molecule has 5 heteroatoms. The molecule has 1 aliphatic carbocycles. The van der Waals surface area contributed by atoms with Crippen LogP contribution in [0.25, 0.3) is 0 Å². The number of hydrogen-bond donors (Lipinski definition) is 3. The Hall–Kier alpha value is -1.88. The van der Waals surface area contributed by atoms with Crippen LogP contribution in [-0.4, -0.2) is 28.2 Å². The summed E-state index contributed by atoms with van der Waals surface area (Å²) in [6.07, 6.45) is 4.72. The number of rotatable bonds is 7. The van der Waals surface area contributed by atoms with Crippen molar-refractivity contribution in [3.8, 4) is 0 Å². The monoisotopic (exact) mass is 305 g/mol. The Morgan fingerprint density at radius 1 is 1.18 bits per heavy atom. The van der Waals surface area contributed by atoms with Crippen LogP contribution in [-0.2, 0) is 9.59 Å². The first-order valence-electron chi connectivity index (χ1n) is 7.82. The van der Waals surface area contributed by atoms with Crippen molar-refractivity contribution in [3.05, 3.63) is 35.9 Å². The van der Waals surface area contributed by atoms with Gasteiger partial charge in [-0.2, -0.15) is 0 Å². The Morgan fingerprint density at radius 2 is 1.91 bits per heavy atom. The van der Waals surface area contributed by atoms with E-state index in [4.69, 9.17) is 5.11 Å². The molecule has 3 unspecified atom stereocenters. The van der Waals surface area contributed by atoms with Gasteiger partial charge in [0.1, 0.15) is 6.04 Å². The zero-order valence-electron chi connectivity index (χ0n) is 12.6. The maximum absolute atomic E-state index is 11.5. The van der Waals surface area contributed by atoms with Crippen LogP contribution >= 0.6 is 0 Å². The third kappa shape index (κ3) is 4.84. The molecule has 3 N–H and O–H groups in total. The van der Waals surface area contributed by atoms with Gasteiger partial charge in [0.05, 0.1) is 0 Å². The second kappa shape index (κ2) is 7.94. The Labute approximate surface area is 130 Å². The lowest BCUT2D eigenvalue weighted by Crippen LogP contribution is -2.40. The van der Waals surface area contributed by atoms with Gasteiger partial charge >= 0.3 is 11.9 Å². The van der Waals surface area contributed by atoms with Crippen LogP contribution in [0.15, 0.2) is 30.3 Å². The van der Waals surface area contributed by atoms with E-state index in [0.29, 0.717) is 12.3 Å². The van der Waals surface area contributed by atoms with E-state index < -0.39 is 18.0 Å². The summed E-state index contributed by atoms with van der Waals surface area (Å²) in [5.74, 6) is -1.27. The van der Waals surface area contributed by atoms with Gasteiger partial charge in [0.25, 0.3) is 0 Å². The van der Waals surface area contributed by atoms with Gasteiger partial charge in [0.15, 0.2) is 0 Å². The molecule has 22 heavy (non-hydrogen) atoms. The third-order valence-corrected chi connectivity index (χ3v) is 4.33. The van der Waals surface area contributed by atoms with E-state index in [-0.39, 0.29) is 12.5 Å². The minimum atomic E-state index is -0.876. The van der Waals surface area contributed by atoms with Gasteiger partial charge in [0, 0.05) is 12.5 Å². The van der Waals surface area contributed by atoms with Crippen molar-refractivity contribution >= 4 is 11.9 Å². The summed E-state index contributed by atoms with van der Waals surface area (Å²) in [7, 11) is 0. The highest BCUT2D eigenvalue weighted by atomic mass is 16.4. The van der Waals surface area contributed by atoms with Crippen LogP contribution in [0.5, 0.6) is 0 Å². The third-order valence-electron chi connectivity index (χ3n) is 4.33. The summed E-state index contributed by atoms with van der Waals surface area (Å²) in [5, 5.41) is 21.5. The standard InChI is InChI=1S/C17H23NO4/c19-15(20)10-9-12-5-4-8-14(11-12)18-16(17(21)22)13-6-2-1-3-7-13/h1-3,6-7,12,14,16,18H,4-5,8-11H2,(H,19,20)(H,21,22). The van der Waals surface area contributed by atoms with Gasteiger partial charge in [0.2, 0.25) is 0 Å². The molecule has 5 nitrogen and oxygen atoms in total. The molecule has 0 radical (unpaired) electrons. The molecule has 0 saturated heterocycles. The van der Waals surface area contributed by atoms with Gasteiger partial charge in [-0.25, -0.2) is 0 Å². The van der Waals surface area contributed by atoms with Crippen molar-refractivity contribution < 1.29 is 19.8 Å². The summed E-state index contributed by atoms with van der Waals surface area (Å²) >= 11 is 0. The summed E-state index contributed by atoms with van der Waals surface area (Å²) < 4.78 is 0. The number of hydrogen-bond acceptors (Lipinski definition) is 3. The maximum Gasteiger partial charge on any atom is 0.325 e. The molecule has 0 heterocycles. The average molecular weight is 305 g/mol. The molecule has 2 rings (SSSR count). The molecule has 0 bridgehead atoms. The fraction of sp³-hybridized carbons (Fsp3) is 0.529. The molecule has 1 aromatic carbocycles. The van der Waals surface area contributed by atoms with Crippen LogP contribution in [0.4, 0.5) is 0 Å². The van der Waals surface area contributed by atoms with Crippen LogP contribution in [0, 0.1) is 5.92 Å². The first kappa shape index (κ1) is 16.5. The Bertz CT molecular complexity index is 503. The molecule has 0 spiro atoms. The van der Waals surface area contributed by atoms with Crippen molar-refractivity contribution in [2.75, 3.05) is 0 Å². The molecular weight excluding hydrogens is 282 g/mol. The lowest BCUT2D eigenvalue weighted by atomic mass is 9.82. The molecule has 1 aliphatic rings. The van der Waals surface area contributed by atoms with E-state index in [1.807, 2.05) is 30.3 Å². The molecule has 120 valence electrons. The number of carbonyl (C=O) groups is 2. The summed E-state index contributed by atoms with van der Waals surface area (Å²) in [6, 6.07) is 8.60. The highest BCUT2D eigenvalue weighted by Crippen LogP contribution is 2.29. The SMILES string of the molecule is O=C(O)CCC1CCCC(NC(C(=O)O)c2ccccc2)C1. The Kier molecular flexibility index (Phi) is 5.95. The summed E-state index contributed by atoms with van der Waals surface area (Å²) in [4.78, 5) is 22.2. The van der Waals surface area contributed by atoms with Crippen LogP contribution in [0.1, 0.15) is 50.1 Å². The molecular formula is C17H23NO4. The molecule has 1 saturated carbocycles. The lowest BCUT2D eigenvalue weighted by molar-refractivity contribution is -0.140. The topological polar surface area (TPSA) is 86.6 Å². The smallest absolute Gasteiger partial charge is 0.325 e. The molecule has 3 atom stereocenters. The Balaban J connectivity index is 1.95. The number of carboxylic acids is 2. The van der Waals surface area contributed by atoms with Crippen molar-refractivity contribution in [2.45, 2.75) is 50.6 Å². The predicted octanol–water partition coefficient (Wildman–Crippen LogP) is 2.83. The van der Waals surface area contributed by atoms with Crippen molar-refractivity contribution in [1.82, 2.24) is 5.32 Å². The maximum atomic E-state index is 11.5. The van der Waals surface area contributed by atoms with Crippen LogP contribution < -0.4 is 5.32 Å². The predicted molar refractivity (Wildman–Crippen MR) is 82.6 cm³/mol. The first-order valence-corrected chi connectivity index (χ1v) is 7.82. The lowest BCUT2D eigenvalue weighted by Gasteiger charge is -2.31. The Morgan fingerprint density at radius 3 is 2.55 bits per heavy atom. The van der Waals surface area contributed by atoms with E-state index in [2.05, 4.69) is 5.32 Å². The minimum absolute atomic E-state index is 0.133. The minimum Gasteiger partial charge on any atom is -0.481 e. The van der Waals surface area contributed by atoms with E-state index in [1.165, 1.54) is 0 Å². The molecule has 1 aromatic rings. The average Bonchev–Trinajstić information content (AvgIpc) is 2.51. The van der Waals surface area contributed by atoms with Crippen LogP contribution in [0.2, 0.25) is 0 Å². The number of nitrogens with one attached hydrogen (secondary N) is 1. The van der Waals surface area contributed by atoms with E-state index in [9.17, 15) is 14.7 Å². The number of carboxylic acid groups (broad SMARTS) is 2. The van der Waals surface area contributed by atoms with Crippen LogP contribution in [0.3, 0.4) is 0 Å².